The summed E-state index contributed by atoms with van der Waals surface area (Å²) >= 11 is 0. The highest BCUT2D eigenvalue weighted by Gasteiger charge is 2.19. The van der Waals surface area contributed by atoms with Crippen molar-refractivity contribution < 1.29 is 19.0 Å². The number of ether oxygens (including phenoxy) is 3. The van der Waals surface area contributed by atoms with Crippen LogP contribution in [0.25, 0.3) is 0 Å². The molecule has 104 valence electrons. The Morgan fingerprint density at radius 3 is 2.84 bits per heavy atom. The molecule has 1 aromatic carbocycles. The van der Waals surface area contributed by atoms with Crippen molar-refractivity contribution >= 4 is 11.7 Å². The molecule has 19 heavy (non-hydrogen) atoms. The Bertz CT molecular complexity index is 441. The van der Waals surface area contributed by atoms with Gasteiger partial charge in [-0.05, 0) is 37.0 Å². The smallest absolute Gasteiger partial charge is 0.342 e. The molecule has 0 radical (unpaired) electrons. The minimum atomic E-state index is -0.393. The molecule has 1 aliphatic rings. The Balaban J connectivity index is 1.97. The predicted molar refractivity (Wildman–Crippen MR) is 71.2 cm³/mol. The van der Waals surface area contributed by atoms with Crippen molar-refractivity contribution in [3.05, 3.63) is 23.8 Å². The van der Waals surface area contributed by atoms with E-state index in [1.807, 2.05) is 0 Å². The number of anilines is 1. The van der Waals surface area contributed by atoms with Crippen LogP contribution in [0, 0.1) is 5.92 Å². The van der Waals surface area contributed by atoms with E-state index in [0.717, 1.165) is 26.1 Å². The first kappa shape index (κ1) is 13.7. The molecule has 2 rings (SSSR count). The van der Waals surface area contributed by atoms with E-state index < -0.39 is 5.97 Å². The number of carbonyl (C=O) groups is 1. The SMILES string of the molecule is COc1ccc(N)cc1C(=O)OCC1CCOCC1. The summed E-state index contributed by atoms with van der Waals surface area (Å²) in [6.45, 7) is 1.90. The molecule has 5 nitrogen and oxygen atoms in total. The van der Waals surface area contributed by atoms with Gasteiger partial charge >= 0.3 is 5.97 Å². The van der Waals surface area contributed by atoms with Gasteiger partial charge in [-0.15, -0.1) is 0 Å². The van der Waals surface area contributed by atoms with Gasteiger partial charge < -0.3 is 19.9 Å². The van der Waals surface area contributed by atoms with E-state index in [1.165, 1.54) is 7.11 Å². The Labute approximate surface area is 112 Å². The van der Waals surface area contributed by atoms with Crippen LogP contribution in [0.15, 0.2) is 18.2 Å². The molecule has 0 spiro atoms. The van der Waals surface area contributed by atoms with Gasteiger partial charge in [0.25, 0.3) is 0 Å². The van der Waals surface area contributed by atoms with Crippen molar-refractivity contribution in [1.82, 2.24) is 0 Å². The number of rotatable bonds is 4. The van der Waals surface area contributed by atoms with Crippen molar-refractivity contribution in [2.75, 3.05) is 32.7 Å². The normalized spacial score (nSPS) is 16.1. The first-order valence-corrected chi connectivity index (χ1v) is 6.39. The Hall–Kier alpha value is -1.75. The summed E-state index contributed by atoms with van der Waals surface area (Å²) in [5.41, 5.74) is 6.56. The van der Waals surface area contributed by atoms with Crippen LogP contribution in [-0.2, 0) is 9.47 Å². The van der Waals surface area contributed by atoms with Gasteiger partial charge in [-0.25, -0.2) is 4.79 Å². The van der Waals surface area contributed by atoms with Crippen LogP contribution in [-0.4, -0.2) is 32.9 Å². The summed E-state index contributed by atoms with van der Waals surface area (Å²) in [4.78, 5) is 12.0. The Morgan fingerprint density at radius 1 is 1.42 bits per heavy atom. The van der Waals surface area contributed by atoms with Gasteiger partial charge in [0, 0.05) is 18.9 Å². The van der Waals surface area contributed by atoms with Gasteiger partial charge in [0.1, 0.15) is 11.3 Å². The lowest BCUT2D eigenvalue weighted by molar-refractivity contribution is 0.0183. The third-order valence-corrected chi connectivity index (χ3v) is 3.23. The number of hydrogen-bond acceptors (Lipinski definition) is 5. The molecule has 0 unspecified atom stereocenters. The summed E-state index contributed by atoms with van der Waals surface area (Å²) in [6.07, 6.45) is 1.86. The lowest BCUT2D eigenvalue weighted by Gasteiger charge is -2.21. The fourth-order valence-corrected chi connectivity index (χ4v) is 2.07. The summed E-state index contributed by atoms with van der Waals surface area (Å²) in [5.74, 6) is 0.464. The number of nitrogens with two attached hydrogens (primary N) is 1. The highest BCUT2D eigenvalue weighted by molar-refractivity contribution is 5.93. The predicted octanol–water partition coefficient (Wildman–Crippen LogP) is 1.86. The molecule has 0 amide bonds. The Morgan fingerprint density at radius 2 is 2.16 bits per heavy atom. The van der Waals surface area contributed by atoms with Crippen LogP contribution in [0.1, 0.15) is 23.2 Å². The number of methoxy groups -OCH3 is 1. The van der Waals surface area contributed by atoms with Gasteiger partial charge in [0.2, 0.25) is 0 Å². The summed E-state index contributed by atoms with van der Waals surface area (Å²) in [7, 11) is 1.51. The lowest BCUT2D eigenvalue weighted by Crippen LogP contribution is -2.22. The molecule has 1 heterocycles. The zero-order valence-electron chi connectivity index (χ0n) is 11.1. The molecular weight excluding hydrogens is 246 g/mol. The second kappa shape index (κ2) is 6.43. The fraction of sp³-hybridized carbons (Fsp3) is 0.500. The summed E-state index contributed by atoms with van der Waals surface area (Å²) in [6, 6.07) is 4.93. The minimum Gasteiger partial charge on any atom is -0.496 e. The first-order valence-electron chi connectivity index (χ1n) is 6.39. The highest BCUT2D eigenvalue weighted by Crippen LogP contribution is 2.23. The van der Waals surface area contributed by atoms with Gasteiger partial charge in [-0.2, -0.15) is 0 Å². The highest BCUT2D eigenvalue weighted by atomic mass is 16.5. The third-order valence-electron chi connectivity index (χ3n) is 3.23. The average molecular weight is 265 g/mol. The van der Waals surface area contributed by atoms with E-state index in [0.29, 0.717) is 29.5 Å². The second-order valence-corrected chi connectivity index (χ2v) is 4.61. The molecule has 1 fully saturated rings. The van der Waals surface area contributed by atoms with Crippen molar-refractivity contribution in [1.29, 1.82) is 0 Å². The molecule has 1 saturated heterocycles. The van der Waals surface area contributed by atoms with Crippen molar-refractivity contribution in [3.63, 3.8) is 0 Å². The van der Waals surface area contributed by atoms with E-state index >= 15 is 0 Å². The monoisotopic (exact) mass is 265 g/mol. The quantitative estimate of drug-likeness (QED) is 0.664. The fourth-order valence-electron chi connectivity index (χ4n) is 2.07. The minimum absolute atomic E-state index is 0.370. The van der Waals surface area contributed by atoms with E-state index in [-0.39, 0.29) is 0 Å². The van der Waals surface area contributed by atoms with Crippen LogP contribution in [0.4, 0.5) is 5.69 Å². The van der Waals surface area contributed by atoms with Crippen LogP contribution in [0.2, 0.25) is 0 Å². The maximum atomic E-state index is 12.0. The van der Waals surface area contributed by atoms with Crippen LogP contribution < -0.4 is 10.5 Å². The van der Waals surface area contributed by atoms with Gasteiger partial charge in [0.05, 0.1) is 13.7 Å². The summed E-state index contributed by atoms with van der Waals surface area (Å²) in [5, 5.41) is 0. The van der Waals surface area contributed by atoms with Gasteiger partial charge in [0.15, 0.2) is 0 Å². The molecule has 0 saturated carbocycles. The zero-order valence-corrected chi connectivity index (χ0v) is 11.1. The molecule has 0 atom stereocenters. The molecule has 0 aliphatic carbocycles. The van der Waals surface area contributed by atoms with E-state index in [4.69, 9.17) is 19.9 Å². The number of nitrogen functional groups attached to an aromatic ring is 1. The molecule has 0 bridgehead atoms. The molecule has 1 aliphatic heterocycles. The molecule has 1 aromatic rings. The van der Waals surface area contributed by atoms with Crippen LogP contribution >= 0.6 is 0 Å². The average Bonchev–Trinajstić information content (AvgIpc) is 2.46. The number of carbonyl (C=O) groups excluding carboxylic acids is 1. The molecule has 5 heteroatoms. The molecule has 2 N–H and O–H groups in total. The zero-order chi connectivity index (χ0) is 13.7. The van der Waals surface area contributed by atoms with Crippen LogP contribution in [0.3, 0.4) is 0 Å². The number of benzene rings is 1. The maximum Gasteiger partial charge on any atom is 0.342 e. The standard InChI is InChI=1S/C14H19NO4/c1-17-13-3-2-11(15)8-12(13)14(16)19-9-10-4-6-18-7-5-10/h2-3,8,10H,4-7,9,15H2,1H3. The largest absolute Gasteiger partial charge is 0.496 e. The van der Waals surface area contributed by atoms with Crippen molar-refractivity contribution in [2.24, 2.45) is 5.92 Å². The Kier molecular flexibility index (Phi) is 4.63. The summed E-state index contributed by atoms with van der Waals surface area (Å²) < 4.78 is 15.7. The topological polar surface area (TPSA) is 70.8 Å². The number of hydrogen-bond donors (Lipinski definition) is 1. The van der Waals surface area contributed by atoms with Crippen molar-refractivity contribution in [3.8, 4) is 5.75 Å². The third kappa shape index (κ3) is 3.61. The first-order chi connectivity index (χ1) is 9.20. The second-order valence-electron chi connectivity index (χ2n) is 4.61. The molecule has 0 aromatic heterocycles. The van der Waals surface area contributed by atoms with E-state index in [9.17, 15) is 4.79 Å². The lowest BCUT2D eigenvalue weighted by atomic mass is 10.0. The van der Waals surface area contributed by atoms with E-state index in [2.05, 4.69) is 0 Å². The maximum absolute atomic E-state index is 12.0. The number of esters is 1. The van der Waals surface area contributed by atoms with Gasteiger partial charge in [-0.1, -0.05) is 0 Å². The molecular formula is C14H19NO4. The van der Waals surface area contributed by atoms with Crippen molar-refractivity contribution in [2.45, 2.75) is 12.8 Å². The van der Waals surface area contributed by atoms with Gasteiger partial charge in [-0.3, -0.25) is 0 Å². The van der Waals surface area contributed by atoms with E-state index in [1.54, 1.807) is 18.2 Å². The van der Waals surface area contributed by atoms with Crippen LogP contribution in [0.5, 0.6) is 5.75 Å².